The van der Waals surface area contributed by atoms with Crippen molar-refractivity contribution in [1.29, 1.82) is 0 Å². The van der Waals surface area contributed by atoms with Crippen LogP contribution in [0.2, 0.25) is 5.21 Å². The molecule has 0 spiro atoms. The Morgan fingerprint density at radius 3 is 2.21 bits per heavy atom. The van der Waals surface area contributed by atoms with Crippen LogP contribution in [0.15, 0.2) is 0 Å². The van der Waals surface area contributed by atoms with Gasteiger partial charge in [-0.3, -0.25) is 0 Å². The van der Waals surface area contributed by atoms with Gasteiger partial charge in [0.25, 0.3) is 0 Å². The summed E-state index contributed by atoms with van der Waals surface area (Å²) in [5, 5.41) is 0.555. The lowest BCUT2D eigenvalue weighted by molar-refractivity contribution is 0.237. The average molecular weight is 190 g/mol. The quantitative estimate of drug-likeness (QED) is 0.597. The maximum Gasteiger partial charge on any atom is 0.0995 e. The Kier molecular flexibility index (Phi) is 2.52. The molecule has 2 saturated carbocycles. The molecule has 0 unspecified atom stereocenters. The van der Waals surface area contributed by atoms with Gasteiger partial charge in [0.2, 0.25) is 0 Å². The number of hydrogen-bond donors (Lipinski definition) is 0. The van der Waals surface area contributed by atoms with Crippen LogP contribution >= 0.6 is 0 Å². The van der Waals surface area contributed by atoms with Crippen LogP contribution in [0.3, 0.4) is 0 Å². The molecular formula is C12H24B2. The normalized spacial score (nSPS) is 36.9. The predicted octanol–water partition coefficient (Wildman–Crippen LogP) is 2.00. The van der Waals surface area contributed by atoms with Gasteiger partial charge in [-0.25, -0.2) is 0 Å². The van der Waals surface area contributed by atoms with E-state index in [1.54, 1.807) is 6.42 Å². The van der Waals surface area contributed by atoms with Gasteiger partial charge in [-0.1, -0.05) is 31.4 Å². The maximum absolute atomic E-state index is 2.47. The van der Waals surface area contributed by atoms with Crippen molar-refractivity contribution < 1.29 is 0 Å². The smallest absolute Gasteiger partial charge is 0.0818 e. The molecule has 0 radical (unpaired) electrons. The molecule has 78 valence electrons. The molecule has 2 bridgehead atoms. The van der Waals surface area contributed by atoms with Crippen molar-refractivity contribution in [2.24, 2.45) is 17.3 Å². The van der Waals surface area contributed by atoms with Crippen LogP contribution in [0.1, 0.15) is 52.4 Å². The number of hydrogen-bond acceptors (Lipinski definition) is 0. The lowest BCUT2D eigenvalue weighted by Crippen LogP contribution is -2.29. The Bertz CT molecular complexity index is 212. The van der Waals surface area contributed by atoms with E-state index in [4.69, 9.17) is 0 Å². The summed E-state index contributed by atoms with van der Waals surface area (Å²) in [4.78, 5) is 0. The first kappa shape index (κ1) is 10.6. The van der Waals surface area contributed by atoms with E-state index < -0.39 is 0 Å². The molecule has 0 heterocycles. The molecule has 0 saturated heterocycles. The van der Waals surface area contributed by atoms with E-state index in [1.165, 1.54) is 32.1 Å². The Morgan fingerprint density at radius 2 is 1.86 bits per heavy atom. The largest absolute Gasteiger partial charge is 0.0995 e. The number of fused-ring (bicyclic) bond motifs is 2. The van der Waals surface area contributed by atoms with Crippen molar-refractivity contribution in [2.75, 3.05) is 0 Å². The molecular weight excluding hydrogens is 166 g/mol. The summed E-state index contributed by atoms with van der Waals surface area (Å²) in [6.45, 7) is 4.77. The van der Waals surface area contributed by atoms with Gasteiger partial charge in [0, 0.05) is 0 Å². The molecule has 0 aromatic rings. The van der Waals surface area contributed by atoms with Gasteiger partial charge in [-0.05, 0) is 43.4 Å². The molecule has 0 aromatic heterocycles. The van der Waals surface area contributed by atoms with E-state index in [2.05, 4.69) is 29.5 Å². The summed E-state index contributed by atoms with van der Waals surface area (Å²) in [5.41, 5.74) is 0.776. The third-order valence-corrected chi connectivity index (χ3v) is 5.28. The predicted molar refractivity (Wildman–Crippen MR) is 68.2 cm³/mol. The minimum Gasteiger partial charge on any atom is -0.0818 e. The second-order valence-corrected chi connectivity index (χ2v) is 6.97. The zero-order valence-electron chi connectivity index (χ0n) is 10.4. The lowest BCUT2D eigenvalue weighted by Gasteiger charge is -2.39. The van der Waals surface area contributed by atoms with E-state index in [1.807, 2.05) is 0 Å². The Morgan fingerprint density at radius 1 is 1.29 bits per heavy atom. The van der Waals surface area contributed by atoms with Gasteiger partial charge >= 0.3 is 0 Å². The molecule has 0 aromatic carbocycles. The van der Waals surface area contributed by atoms with Gasteiger partial charge in [0.1, 0.15) is 0 Å². The Hall–Kier alpha value is 0.130. The molecule has 14 heavy (non-hydrogen) atoms. The third-order valence-electron chi connectivity index (χ3n) is 5.28. The van der Waals surface area contributed by atoms with Gasteiger partial charge < -0.3 is 0 Å². The summed E-state index contributed by atoms with van der Waals surface area (Å²) in [6.07, 6.45) is 9.18. The molecule has 2 aliphatic rings. The van der Waals surface area contributed by atoms with Crippen molar-refractivity contribution in [1.82, 2.24) is 0 Å². The molecule has 2 heteroatoms. The second kappa shape index (κ2) is 3.32. The molecule has 0 amide bonds. The second-order valence-electron chi connectivity index (χ2n) is 6.97. The van der Waals surface area contributed by atoms with Crippen molar-refractivity contribution in [2.45, 2.75) is 57.6 Å². The first-order valence-electron chi connectivity index (χ1n) is 6.44. The van der Waals surface area contributed by atoms with Gasteiger partial charge in [-0.2, -0.15) is 0 Å². The van der Waals surface area contributed by atoms with Gasteiger partial charge in [-0.15, -0.1) is 0 Å². The summed E-state index contributed by atoms with van der Waals surface area (Å²) in [6, 6.07) is 0. The summed E-state index contributed by atoms with van der Waals surface area (Å²) < 4.78 is 0. The van der Waals surface area contributed by atoms with Gasteiger partial charge in [0.05, 0.1) is 15.7 Å². The first-order valence-corrected chi connectivity index (χ1v) is 6.44. The van der Waals surface area contributed by atoms with Crippen LogP contribution in [0.4, 0.5) is 0 Å². The highest BCUT2D eigenvalue weighted by Crippen LogP contribution is 2.59. The highest BCUT2D eigenvalue weighted by Gasteiger charge is 2.47. The molecule has 0 nitrogen and oxygen atoms in total. The van der Waals surface area contributed by atoms with Crippen LogP contribution in [0.5, 0.6) is 0 Å². The van der Waals surface area contributed by atoms with Crippen molar-refractivity contribution in [3.8, 4) is 0 Å². The van der Waals surface area contributed by atoms with Gasteiger partial charge in [0.15, 0.2) is 0 Å². The maximum atomic E-state index is 2.47. The molecule has 2 aliphatic carbocycles. The highest BCUT2D eigenvalue weighted by atomic mass is 14.5. The van der Waals surface area contributed by atoms with Crippen LogP contribution in [0.25, 0.3) is 0 Å². The standard InChI is InChI=1S/C12H24B2/c1-9(2)12(13,14)8-11-5-3-10(7-11)4-6-11/h9-10H,3-8,13-14H2,1-2H3. The first-order chi connectivity index (χ1) is 6.44. The zero-order chi connectivity index (χ0) is 10.4. The molecule has 2 fully saturated rings. The molecule has 2 rings (SSSR count). The fourth-order valence-electron chi connectivity index (χ4n) is 3.73. The minimum absolute atomic E-state index is 0.555. The van der Waals surface area contributed by atoms with Crippen molar-refractivity contribution >= 4 is 15.7 Å². The van der Waals surface area contributed by atoms with E-state index in [9.17, 15) is 0 Å². The number of rotatable bonds is 3. The van der Waals surface area contributed by atoms with Crippen LogP contribution in [-0.4, -0.2) is 15.7 Å². The summed E-state index contributed by atoms with van der Waals surface area (Å²) in [7, 11) is 4.94. The van der Waals surface area contributed by atoms with Crippen LogP contribution < -0.4 is 0 Å². The topological polar surface area (TPSA) is 0 Å². The molecule has 0 N–H and O–H groups in total. The molecule has 0 atom stereocenters. The monoisotopic (exact) mass is 190 g/mol. The third kappa shape index (κ3) is 1.77. The lowest BCUT2D eigenvalue weighted by atomic mass is 9.44. The van der Waals surface area contributed by atoms with Crippen LogP contribution in [-0.2, 0) is 0 Å². The fourth-order valence-corrected chi connectivity index (χ4v) is 3.73. The Labute approximate surface area is 91.0 Å². The Balaban J connectivity index is 2.03. The van der Waals surface area contributed by atoms with E-state index in [0.29, 0.717) is 5.21 Å². The van der Waals surface area contributed by atoms with Crippen LogP contribution in [0, 0.1) is 17.3 Å². The zero-order valence-corrected chi connectivity index (χ0v) is 10.4. The molecule has 0 aliphatic heterocycles. The van der Waals surface area contributed by atoms with E-state index in [0.717, 1.165) is 17.3 Å². The highest BCUT2D eigenvalue weighted by molar-refractivity contribution is 6.40. The SMILES string of the molecule is BC(B)(CC12CCC(CC1)C2)C(C)C. The van der Waals surface area contributed by atoms with E-state index >= 15 is 0 Å². The van der Waals surface area contributed by atoms with E-state index in [-0.39, 0.29) is 0 Å². The fraction of sp³-hybridized carbons (Fsp3) is 1.00. The summed E-state index contributed by atoms with van der Waals surface area (Å²) in [5.74, 6) is 1.94. The summed E-state index contributed by atoms with van der Waals surface area (Å²) >= 11 is 0. The van der Waals surface area contributed by atoms with Crippen molar-refractivity contribution in [3.05, 3.63) is 0 Å². The minimum atomic E-state index is 0.555. The average Bonchev–Trinajstić information content (AvgIpc) is 2.61. The van der Waals surface area contributed by atoms with Crippen molar-refractivity contribution in [3.63, 3.8) is 0 Å².